The average molecular weight is 294 g/mol. The van der Waals surface area contributed by atoms with Gasteiger partial charge in [-0.05, 0) is 38.8 Å². The van der Waals surface area contributed by atoms with E-state index in [4.69, 9.17) is 5.84 Å². The van der Waals surface area contributed by atoms with Gasteiger partial charge >= 0.3 is 5.69 Å². The van der Waals surface area contributed by atoms with Crippen molar-refractivity contribution in [1.29, 1.82) is 0 Å². The molecular formula is C13H22N6O2. The third-order valence-corrected chi connectivity index (χ3v) is 3.82. The lowest BCUT2D eigenvalue weighted by Crippen LogP contribution is -2.29. The Morgan fingerprint density at radius 1 is 1.57 bits per heavy atom. The van der Waals surface area contributed by atoms with Crippen molar-refractivity contribution in [1.82, 2.24) is 9.88 Å². The van der Waals surface area contributed by atoms with Gasteiger partial charge in [0.25, 0.3) is 0 Å². The molecule has 8 heteroatoms. The molecule has 116 valence electrons. The molecule has 1 aromatic rings. The van der Waals surface area contributed by atoms with Crippen molar-refractivity contribution in [3.63, 3.8) is 0 Å². The maximum absolute atomic E-state index is 11.0. The molecule has 0 bridgehead atoms. The van der Waals surface area contributed by atoms with E-state index in [-0.39, 0.29) is 11.5 Å². The number of nitro groups is 1. The molecule has 1 aliphatic heterocycles. The molecule has 8 nitrogen and oxygen atoms in total. The van der Waals surface area contributed by atoms with E-state index in [0.717, 1.165) is 19.5 Å². The van der Waals surface area contributed by atoms with Crippen LogP contribution < -0.4 is 16.6 Å². The Morgan fingerprint density at radius 2 is 2.33 bits per heavy atom. The molecule has 0 saturated carbocycles. The van der Waals surface area contributed by atoms with Gasteiger partial charge in [-0.3, -0.25) is 10.1 Å². The van der Waals surface area contributed by atoms with Crippen LogP contribution in [0.4, 0.5) is 17.3 Å². The van der Waals surface area contributed by atoms with E-state index in [0.29, 0.717) is 24.3 Å². The fourth-order valence-electron chi connectivity index (χ4n) is 2.55. The van der Waals surface area contributed by atoms with E-state index < -0.39 is 4.92 Å². The minimum absolute atomic E-state index is 0.0345. The monoisotopic (exact) mass is 294 g/mol. The van der Waals surface area contributed by atoms with Gasteiger partial charge in [0.15, 0.2) is 0 Å². The van der Waals surface area contributed by atoms with Gasteiger partial charge in [-0.25, -0.2) is 10.8 Å². The molecule has 0 amide bonds. The van der Waals surface area contributed by atoms with Crippen LogP contribution in [0.15, 0.2) is 12.1 Å². The highest BCUT2D eigenvalue weighted by Crippen LogP contribution is 2.25. The van der Waals surface area contributed by atoms with E-state index >= 15 is 0 Å². The summed E-state index contributed by atoms with van der Waals surface area (Å²) in [5, 5.41) is 14.1. The number of nitrogens with two attached hydrogens (primary N) is 1. The first-order chi connectivity index (χ1) is 10.0. The highest BCUT2D eigenvalue weighted by molar-refractivity contribution is 5.60. The fourth-order valence-corrected chi connectivity index (χ4v) is 2.55. The van der Waals surface area contributed by atoms with E-state index in [1.807, 2.05) is 0 Å². The summed E-state index contributed by atoms with van der Waals surface area (Å²) in [6.07, 6.45) is 1.09. The van der Waals surface area contributed by atoms with Gasteiger partial charge in [0.2, 0.25) is 5.82 Å². The summed E-state index contributed by atoms with van der Waals surface area (Å²) in [6.45, 7) is 7.11. The van der Waals surface area contributed by atoms with Crippen molar-refractivity contribution < 1.29 is 4.92 Å². The number of hydrogen-bond acceptors (Lipinski definition) is 7. The Morgan fingerprint density at radius 3 is 2.90 bits per heavy atom. The predicted octanol–water partition coefficient (Wildman–Crippen LogP) is 1.42. The summed E-state index contributed by atoms with van der Waals surface area (Å²) < 4.78 is 0. The zero-order chi connectivity index (χ0) is 15.4. The third kappa shape index (κ3) is 3.79. The molecule has 0 aromatic carbocycles. The second kappa shape index (κ2) is 6.68. The second-order valence-electron chi connectivity index (χ2n) is 5.59. The summed E-state index contributed by atoms with van der Waals surface area (Å²) in [5.41, 5.74) is 2.37. The minimum Gasteiger partial charge on any atom is -0.364 e. The van der Waals surface area contributed by atoms with Crippen LogP contribution in [0.2, 0.25) is 0 Å². The Bertz CT molecular complexity index is 507. The van der Waals surface area contributed by atoms with E-state index in [1.165, 1.54) is 12.1 Å². The number of anilines is 2. The summed E-state index contributed by atoms with van der Waals surface area (Å²) in [5.74, 6) is 6.44. The van der Waals surface area contributed by atoms with Crippen molar-refractivity contribution in [3.05, 3.63) is 22.2 Å². The molecule has 1 unspecified atom stereocenters. The maximum atomic E-state index is 11.0. The lowest BCUT2D eigenvalue weighted by molar-refractivity contribution is -0.384. The summed E-state index contributed by atoms with van der Waals surface area (Å²) in [7, 11) is 0. The summed E-state index contributed by atoms with van der Waals surface area (Å²) >= 11 is 0. The maximum Gasteiger partial charge on any atom is 0.311 e. The van der Waals surface area contributed by atoms with Crippen LogP contribution in [0.1, 0.15) is 20.3 Å². The second-order valence-corrected chi connectivity index (χ2v) is 5.59. The molecule has 1 aromatic heterocycles. The molecule has 4 N–H and O–H groups in total. The number of nitrogens with one attached hydrogen (secondary N) is 2. The fraction of sp³-hybridized carbons (Fsp3) is 0.615. The van der Waals surface area contributed by atoms with Crippen LogP contribution in [-0.4, -0.2) is 40.5 Å². The van der Waals surface area contributed by atoms with Gasteiger partial charge in [-0.15, -0.1) is 0 Å². The third-order valence-electron chi connectivity index (χ3n) is 3.82. The van der Waals surface area contributed by atoms with Crippen LogP contribution in [0.5, 0.6) is 0 Å². The van der Waals surface area contributed by atoms with Crippen molar-refractivity contribution in [3.8, 4) is 0 Å². The standard InChI is InChI=1S/C13H22N6O2/c1-9(2)18-6-5-10(8-18)7-15-13-11(19(20)21)3-4-12(16-13)17-14/h3-4,9-10H,5-8,14H2,1-2H3,(H2,15,16,17). The highest BCUT2D eigenvalue weighted by atomic mass is 16.6. The quantitative estimate of drug-likeness (QED) is 0.413. The van der Waals surface area contributed by atoms with E-state index in [9.17, 15) is 10.1 Å². The number of likely N-dealkylation sites (tertiary alicyclic amines) is 1. The molecule has 1 fully saturated rings. The number of hydrazine groups is 1. The number of nitrogens with zero attached hydrogens (tertiary/aromatic N) is 3. The highest BCUT2D eigenvalue weighted by Gasteiger charge is 2.25. The SMILES string of the molecule is CC(C)N1CCC(CNc2nc(NN)ccc2[N+](=O)[O-])C1. The van der Waals surface area contributed by atoms with Crippen LogP contribution in [0.3, 0.4) is 0 Å². The largest absolute Gasteiger partial charge is 0.364 e. The number of nitrogen functional groups attached to an aromatic ring is 1. The lowest BCUT2D eigenvalue weighted by atomic mass is 10.1. The van der Waals surface area contributed by atoms with Crippen molar-refractivity contribution >= 4 is 17.3 Å². The molecule has 1 saturated heterocycles. The lowest BCUT2D eigenvalue weighted by Gasteiger charge is -2.20. The predicted molar refractivity (Wildman–Crippen MR) is 82.0 cm³/mol. The molecule has 1 aliphatic rings. The molecule has 1 atom stereocenters. The number of hydrogen-bond donors (Lipinski definition) is 3. The Hall–Kier alpha value is -1.93. The first-order valence-corrected chi connectivity index (χ1v) is 7.11. The molecule has 0 aliphatic carbocycles. The van der Waals surface area contributed by atoms with E-state index in [1.54, 1.807) is 0 Å². The van der Waals surface area contributed by atoms with Gasteiger partial charge < -0.3 is 15.6 Å². The average Bonchev–Trinajstić information content (AvgIpc) is 2.93. The normalized spacial score (nSPS) is 19.0. The van der Waals surface area contributed by atoms with Gasteiger partial charge in [-0.2, -0.15) is 0 Å². The molecule has 21 heavy (non-hydrogen) atoms. The Kier molecular flexibility index (Phi) is 4.92. The number of aromatic nitrogens is 1. The Labute approximate surface area is 123 Å². The molecule has 2 rings (SSSR count). The minimum atomic E-state index is -0.440. The molecule has 2 heterocycles. The van der Waals surface area contributed by atoms with Crippen LogP contribution in [0, 0.1) is 16.0 Å². The topological polar surface area (TPSA) is 109 Å². The van der Waals surface area contributed by atoms with Crippen molar-refractivity contribution in [2.45, 2.75) is 26.3 Å². The van der Waals surface area contributed by atoms with E-state index in [2.05, 4.69) is 34.5 Å². The van der Waals surface area contributed by atoms with Crippen LogP contribution in [0.25, 0.3) is 0 Å². The van der Waals surface area contributed by atoms with Crippen LogP contribution in [-0.2, 0) is 0 Å². The summed E-state index contributed by atoms with van der Waals surface area (Å²) in [4.78, 5) is 17.1. The van der Waals surface area contributed by atoms with Gasteiger partial charge in [0, 0.05) is 25.2 Å². The first kappa shape index (κ1) is 15.5. The van der Waals surface area contributed by atoms with Crippen LogP contribution >= 0.6 is 0 Å². The van der Waals surface area contributed by atoms with Crippen molar-refractivity contribution in [2.75, 3.05) is 30.4 Å². The summed E-state index contributed by atoms with van der Waals surface area (Å²) in [6, 6.07) is 3.42. The number of rotatable bonds is 6. The zero-order valence-corrected chi connectivity index (χ0v) is 12.4. The Balaban J connectivity index is 2.01. The molecule has 0 radical (unpaired) electrons. The first-order valence-electron chi connectivity index (χ1n) is 7.11. The van der Waals surface area contributed by atoms with Gasteiger partial charge in [-0.1, -0.05) is 0 Å². The molecular weight excluding hydrogens is 272 g/mol. The van der Waals surface area contributed by atoms with Gasteiger partial charge in [0.05, 0.1) is 4.92 Å². The molecule has 0 spiro atoms. The zero-order valence-electron chi connectivity index (χ0n) is 12.4. The van der Waals surface area contributed by atoms with Crippen molar-refractivity contribution in [2.24, 2.45) is 11.8 Å². The number of pyridine rings is 1. The smallest absolute Gasteiger partial charge is 0.311 e. The van der Waals surface area contributed by atoms with Gasteiger partial charge in [0.1, 0.15) is 5.82 Å².